The van der Waals surface area contributed by atoms with Crippen LogP contribution in [-0.2, 0) is 6.54 Å². The molecule has 0 unspecified atom stereocenters. The highest BCUT2D eigenvalue weighted by Crippen LogP contribution is 2.23. The molecule has 0 spiro atoms. The third-order valence-corrected chi connectivity index (χ3v) is 3.30. The van der Waals surface area contributed by atoms with Crippen molar-refractivity contribution in [2.45, 2.75) is 19.9 Å². The van der Waals surface area contributed by atoms with Gasteiger partial charge in [0.05, 0.1) is 6.54 Å². The van der Waals surface area contributed by atoms with Crippen LogP contribution in [0.1, 0.15) is 19.1 Å². The largest absolute Gasteiger partial charge is 0.460 e. The first-order chi connectivity index (χ1) is 9.79. The Morgan fingerprint density at radius 1 is 0.955 bits per heavy atom. The molecule has 3 nitrogen and oxygen atoms in total. The predicted molar refractivity (Wildman–Crippen MR) is 98.5 cm³/mol. The number of benzene rings is 1. The summed E-state index contributed by atoms with van der Waals surface area (Å²) in [4.78, 5) is 0. The first kappa shape index (κ1) is 21.3. The Balaban J connectivity index is 0.00000220. The minimum atomic E-state index is 0. The summed E-state index contributed by atoms with van der Waals surface area (Å²) >= 11 is 5.88. The average Bonchev–Trinajstić information content (AvgIpc) is 2.92. The van der Waals surface area contributed by atoms with Gasteiger partial charge in [-0.05, 0) is 62.5 Å². The summed E-state index contributed by atoms with van der Waals surface area (Å²) in [5.74, 6) is 1.84. The smallest absolute Gasteiger partial charge is 0.134 e. The fourth-order valence-corrected chi connectivity index (χ4v) is 2.09. The van der Waals surface area contributed by atoms with Gasteiger partial charge in [-0.15, -0.1) is 24.8 Å². The molecule has 0 saturated heterocycles. The Morgan fingerprint density at radius 2 is 1.64 bits per heavy atom. The van der Waals surface area contributed by atoms with Gasteiger partial charge in [-0.3, -0.25) is 0 Å². The third-order valence-electron chi connectivity index (χ3n) is 3.05. The van der Waals surface area contributed by atoms with Crippen LogP contribution in [0.3, 0.4) is 0 Å². The SMILES string of the molecule is CCNCCCNCc1ccc(-c2ccc(Cl)cc2)o1.Cl.Cl. The van der Waals surface area contributed by atoms with E-state index in [1.807, 2.05) is 36.4 Å². The van der Waals surface area contributed by atoms with Crippen LogP contribution >= 0.6 is 36.4 Å². The summed E-state index contributed by atoms with van der Waals surface area (Å²) < 4.78 is 5.82. The van der Waals surface area contributed by atoms with E-state index in [4.69, 9.17) is 16.0 Å². The van der Waals surface area contributed by atoms with Crippen molar-refractivity contribution < 1.29 is 4.42 Å². The summed E-state index contributed by atoms with van der Waals surface area (Å²) in [5, 5.41) is 7.42. The number of hydrogen-bond donors (Lipinski definition) is 2. The van der Waals surface area contributed by atoms with Gasteiger partial charge in [0.15, 0.2) is 0 Å². The molecule has 1 aromatic carbocycles. The van der Waals surface area contributed by atoms with Gasteiger partial charge in [0.25, 0.3) is 0 Å². The second kappa shape index (κ2) is 11.8. The second-order valence-electron chi connectivity index (χ2n) is 4.66. The van der Waals surface area contributed by atoms with Gasteiger partial charge in [-0.25, -0.2) is 0 Å². The molecule has 2 N–H and O–H groups in total. The van der Waals surface area contributed by atoms with E-state index in [1.54, 1.807) is 0 Å². The molecular formula is C16H23Cl3N2O. The van der Waals surface area contributed by atoms with E-state index in [0.717, 1.165) is 54.7 Å². The Hall–Kier alpha value is -0.710. The third kappa shape index (κ3) is 7.03. The number of furan rings is 1. The normalized spacial score (nSPS) is 9.91. The van der Waals surface area contributed by atoms with Crippen molar-refractivity contribution in [3.8, 4) is 11.3 Å². The number of halogens is 3. The Kier molecular flexibility index (Phi) is 11.4. The number of rotatable bonds is 8. The zero-order valence-corrected chi connectivity index (χ0v) is 15.0. The summed E-state index contributed by atoms with van der Waals surface area (Å²) in [6, 6.07) is 11.7. The first-order valence-corrected chi connectivity index (χ1v) is 7.43. The van der Waals surface area contributed by atoms with Gasteiger partial charge in [0.1, 0.15) is 11.5 Å². The highest BCUT2D eigenvalue weighted by molar-refractivity contribution is 6.30. The number of nitrogens with one attached hydrogen (secondary N) is 2. The molecule has 0 fully saturated rings. The monoisotopic (exact) mass is 364 g/mol. The zero-order valence-electron chi connectivity index (χ0n) is 12.6. The molecule has 2 aromatic rings. The van der Waals surface area contributed by atoms with E-state index in [-0.39, 0.29) is 24.8 Å². The minimum absolute atomic E-state index is 0. The fraction of sp³-hybridized carbons (Fsp3) is 0.375. The molecule has 6 heteroatoms. The van der Waals surface area contributed by atoms with Crippen LogP contribution < -0.4 is 10.6 Å². The molecule has 1 heterocycles. The Morgan fingerprint density at radius 3 is 2.32 bits per heavy atom. The van der Waals surface area contributed by atoms with Gasteiger partial charge in [0, 0.05) is 10.6 Å². The lowest BCUT2D eigenvalue weighted by atomic mass is 10.2. The van der Waals surface area contributed by atoms with Gasteiger partial charge < -0.3 is 15.1 Å². The topological polar surface area (TPSA) is 37.2 Å². The molecule has 22 heavy (non-hydrogen) atoms. The second-order valence-corrected chi connectivity index (χ2v) is 5.09. The van der Waals surface area contributed by atoms with E-state index < -0.39 is 0 Å². The van der Waals surface area contributed by atoms with E-state index in [9.17, 15) is 0 Å². The molecule has 0 saturated carbocycles. The maximum Gasteiger partial charge on any atom is 0.134 e. The predicted octanol–water partition coefficient (Wildman–Crippen LogP) is 4.53. The quantitative estimate of drug-likeness (QED) is 0.675. The molecule has 0 aliphatic heterocycles. The van der Waals surface area contributed by atoms with Gasteiger partial charge in [-0.2, -0.15) is 0 Å². The fourth-order valence-electron chi connectivity index (χ4n) is 1.97. The van der Waals surface area contributed by atoms with Gasteiger partial charge in [-0.1, -0.05) is 18.5 Å². The van der Waals surface area contributed by atoms with E-state index >= 15 is 0 Å². The molecule has 0 aliphatic rings. The van der Waals surface area contributed by atoms with Crippen molar-refractivity contribution in [3.05, 3.63) is 47.2 Å². The lowest BCUT2D eigenvalue weighted by Gasteiger charge is -2.03. The van der Waals surface area contributed by atoms with Crippen molar-refractivity contribution in [1.82, 2.24) is 10.6 Å². The van der Waals surface area contributed by atoms with E-state index in [0.29, 0.717) is 0 Å². The lowest BCUT2D eigenvalue weighted by molar-refractivity contribution is 0.488. The molecule has 124 valence electrons. The lowest BCUT2D eigenvalue weighted by Crippen LogP contribution is -2.21. The van der Waals surface area contributed by atoms with E-state index in [2.05, 4.69) is 17.6 Å². The molecule has 2 rings (SSSR count). The summed E-state index contributed by atoms with van der Waals surface area (Å²) in [7, 11) is 0. The highest BCUT2D eigenvalue weighted by atomic mass is 35.5. The van der Waals surface area contributed by atoms with Crippen LogP contribution in [0.15, 0.2) is 40.8 Å². The van der Waals surface area contributed by atoms with Crippen LogP contribution in [0.25, 0.3) is 11.3 Å². The van der Waals surface area contributed by atoms with Crippen LogP contribution in [0.4, 0.5) is 0 Å². The van der Waals surface area contributed by atoms with Crippen LogP contribution in [0.2, 0.25) is 5.02 Å². The van der Waals surface area contributed by atoms with Crippen molar-refractivity contribution in [2.75, 3.05) is 19.6 Å². The van der Waals surface area contributed by atoms with Crippen LogP contribution in [0, 0.1) is 0 Å². The molecular weight excluding hydrogens is 343 g/mol. The maximum atomic E-state index is 5.88. The standard InChI is InChI=1S/C16H21ClN2O.2ClH/c1-2-18-10-3-11-19-12-15-8-9-16(20-15)13-4-6-14(17)7-5-13;;/h4-9,18-19H,2-3,10-12H2,1H3;2*1H. The average molecular weight is 366 g/mol. The molecule has 0 radical (unpaired) electrons. The molecule has 0 bridgehead atoms. The first-order valence-electron chi connectivity index (χ1n) is 7.05. The molecule has 0 aliphatic carbocycles. The van der Waals surface area contributed by atoms with Gasteiger partial charge in [0.2, 0.25) is 0 Å². The van der Waals surface area contributed by atoms with Gasteiger partial charge >= 0.3 is 0 Å². The van der Waals surface area contributed by atoms with Crippen molar-refractivity contribution in [1.29, 1.82) is 0 Å². The van der Waals surface area contributed by atoms with Crippen molar-refractivity contribution in [2.24, 2.45) is 0 Å². The van der Waals surface area contributed by atoms with Crippen LogP contribution in [-0.4, -0.2) is 19.6 Å². The van der Waals surface area contributed by atoms with Crippen molar-refractivity contribution in [3.63, 3.8) is 0 Å². The van der Waals surface area contributed by atoms with Crippen LogP contribution in [0.5, 0.6) is 0 Å². The number of hydrogen-bond acceptors (Lipinski definition) is 3. The highest BCUT2D eigenvalue weighted by Gasteiger charge is 2.04. The summed E-state index contributed by atoms with van der Waals surface area (Å²) in [5.41, 5.74) is 1.05. The Bertz CT molecular complexity index is 514. The zero-order chi connectivity index (χ0) is 14.2. The molecule has 0 atom stereocenters. The van der Waals surface area contributed by atoms with E-state index in [1.165, 1.54) is 0 Å². The summed E-state index contributed by atoms with van der Waals surface area (Å²) in [6.45, 7) is 5.96. The summed E-state index contributed by atoms with van der Waals surface area (Å²) in [6.07, 6.45) is 1.12. The molecule has 0 amide bonds. The van der Waals surface area contributed by atoms with Crippen molar-refractivity contribution >= 4 is 36.4 Å². The molecule has 1 aromatic heterocycles. The maximum absolute atomic E-state index is 5.88. The Labute approximate surface area is 149 Å². The minimum Gasteiger partial charge on any atom is -0.460 e.